The highest BCUT2D eigenvalue weighted by molar-refractivity contribution is 6.02. The molecule has 3 aromatic rings. The van der Waals surface area contributed by atoms with Gasteiger partial charge in [-0.2, -0.15) is 0 Å². The third kappa shape index (κ3) is 2.74. The molecule has 0 aliphatic carbocycles. The molecule has 1 aliphatic heterocycles. The lowest BCUT2D eigenvalue weighted by Crippen LogP contribution is -2.26. The monoisotopic (exact) mass is 347 g/mol. The first-order chi connectivity index (χ1) is 12.5. The summed E-state index contributed by atoms with van der Waals surface area (Å²) in [5.74, 6) is 0.0601. The van der Waals surface area contributed by atoms with Gasteiger partial charge in [0.05, 0.1) is 11.7 Å². The van der Waals surface area contributed by atoms with Gasteiger partial charge >= 0.3 is 0 Å². The fourth-order valence-corrected chi connectivity index (χ4v) is 3.92. The molecule has 0 saturated heterocycles. The third-order valence-electron chi connectivity index (χ3n) is 5.35. The molecular weight excluding hydrogens is 322 g/mol. The number of fused-ring (bicyclic) bond motifs is 2. The second-order valence-electron chi connectivity index (χ2n) is 7.73. The van der Waals surface area contributed by atoms with Crippen molar-refractivity contribution in [2.24, 2.45) is 5.92 Å². The number of aromatic nitrogens is 2. The summed E-state index contributed by atoms with van der Waals surface area (Å²) in [6, 6.07) is 6.74. The summed E-state index contributed by atoms with van der Waals surface area (Å²) in [6.45, 7) is 8.04. The van der Waals surface area contributed by atoms with E-state index in [1.54, 1.807) is 10.8 Å². The van der Waals surface area contributed by atoms with Crippen molar-refractivity contribution in [2.45, 2.75) is 33.7 Å². The first kappa shape index (κ1) is 17.0. The van der Waals surface area contributed by atoms with Crippen LogP contribution in [0.15, 0.2) is 36.8 Å². The van der Waals surface area contributed by atoms with Crippen molar-refractivity contribution in [2.75, 3.05) is 13.6 Å². The maximum Gasteiger partial charge on any atom is 0.233 e. The van der Waals surface area contributed by atoms with Crippen LogP contribution in [0.5, 0.6) is 0 Å². The highest BCUT2D eigenvalue weighted by atomic mass is 16.2. The Morgan fingerprint density at radius 2 is 2.00 bits per heavy atom. The number of carbonyl (C=O) groups is 1. The Bertz CT molecular complexity index is 1000. The van der Waals surface area contributed by atoms with Crippen molar-refractivity contribution >= 4 is 16.8 Å². The molecular formula is C22H25N3O. The van der Waals surface area contributed by atoms with E-state index in [4.69, 9.17) is 0 Å². The summed E-state index contributed by atoms with van der Waals surface area (Å²) in [5.41, 5.74) is 7.14. The smallest absolute Gasteiger partial charge is 0.233 e. The molecule has 134 valence electrons. The Kier molecular flexibility index (Phi) is 4.16. The second kappa shape index (κ2) is 6.36. The molecule has 1 aromatic carbocycles. The number of nitrogens with zero attached hydrogens (tertiary/aromatic N) is 3. The molecule has 3 heterocycles. The summed E-state index contributed by atoms with van der Waals surface area (Å²) >= 11 is 0. The average Bonchev–Trinajstić information content (AvgIpc) is 2.97. The van der Waals surface area contributed by atoms with Gasteiger partial charge in [-0.15, -0.1) is 0 Å². The molecule has 0 atom stereocenters. The van der Waals surface area contributed by atoms with Gasteiger partial charge in [0.15, 0.2) is 0 Å². The Hall–Kier alpha value is -2.46. The van der Waals surface area contributed by atoms with Crippen molar-refractivity contribution in [1.82, 2.24) is 14.5 Å². The highest BCUT2D eigenvalue weighted by Crippen LogP contribution is 2.33. The van der Waals surface area contributed by atoms with Crippen LogP contribution >= 0.6 is 0 Å². The number of hydrogen-bond acceptors (Lipinski definition) is 3. The number of likely N-dealkylation sites (N-methyl/N-ethyl adjacent to an activating group) is 1. The lowest BCUT2D eigenvalue weighted by molar-refractivity contribution is 0.0860. The van der Waals surface area contributed by atoms with E-state index in [2.05, 4.69) is 42.1 Å². The van der Waals surface area contributed by atoms with Crippen LogP contribution in [0.2, 0.25) is 0 Å². The molecule has 0 bridgehead atoms. The first-order valence-electron chi connectivity index (χ1n) is 9.26. The quantitative estimate of drug-likeness (QED) is 0.694. The van der Waals surface area contributed by atoms with Crippen LogP contribution in [0.1, 0.15) is 35.3 Å². The van der Waals surface area contributed by atoms with Gasteiger partial charge in [-0.25, -0.2) is 0 Å². The minimum Gasteiger partial charge on any atom is -0.302 e. The minimum atomic E-state index is -0.0469. The largest absolute Gasteiger partial charge is 0.302 e. The maximum atomic E-state index is 12.6. The molecule has 26 heavy (non-hydrogen) atoms. The van der Waals surface area contributed by atoms with Gasteiger partial charge in [-0.05, 0) is 42.6 Å². The van der Waals surface area contributed by atoms with E-state index in [9.17, 15) is 4.79 Å². The van der Waals surface area contributed by atoms with E-state index in [1.807, 2.05) is 26.2 Å². The predicted molar refractivity (Wildman–Crippen MR) is 105 cm³/mol. The first-order valence-corrected chi connectivity index (χ1v) is 9.26. The molecule has 4 rings (SSSR count). The maximum absolute atomic E-state index is 12.6. The number of aryl methyl sites for hydroxylation is 1. The van der Waals surface area contributed by atoms with Crippen LogP contribution in [0.3, 0.4) is 0 Å². The van der Waals surface area contributed by atoms with Crippen molar-refractivity contribution < 1.29 is 4.79 Å². The topological polar surface area (TPSA) is 38.1 Å². The number of pyridine rings is 1. The lowest BCUT2D eigenvalue weighted by Gasteiger charge is -2.25. The van der Waals surface area contributed by atoms with Gasteiger partial charge in [0.2, 0.25) is 5.91 Å². The number of hydrogen-bond donors (Lipinski definition) is 0. The third-order valence-corrected chi connectivity index (χ3v) is 5.35. The predicted octanol–water partition coefficient (Wildman–Crippen LogP) is 4.30. The lowest BCUT2D eigenvalue weighted by atomic mass is 9.94. The summed E-state index contributed by atoms with van der Waals surface area (Å²) in [6.07, 6.45) is 6.76. The molecule has 4 heteroatoms. The van der Waals surface area contributed by atoms with Gasteiger partial charge < -0.3 is 4.90 Å². The average molecular weight is 347 g/mol. The Morgan fingerprint density at radius 3 is 2.77 bits per heavy atom. The van der Waals surface area contributed by atoms with Crippen molar-refractivity contribution in [3.8, 4) is 11.1 Å². The summed E-state index contributed by atoms with van der Waals surface area (Å²) < 4.78 is 1.76. The van der Waals surface area contributed by atoms with Crippen LogP contribution in [-0.2, 0) is 13.0 Å². The molecule has 0 fully saturated rings. The van der Waals surface area contributed by atoms with Gasteiger partial charge in [0.25, 0.3) is 0 Å². The second-order valence-corrected chi connectivity index (χ2v) is 7.73. The molecule has 0 saturated carbocycles. The van der Waals surface area contributed by atoms with Gasteiger partial charge in [0, 0.05) is 42.4 Å². The summed E-state index contributed by atoms with van der Waals surface area (Å²) in [7, 11) is 2.17. The zero-order valence-electron chi connectivity index (χ0n) is 15.9. The minimum absolute atomic E-state index is 0.0469. The van der Waals surface area contributed by atoms with Crippen LogP contribution in [0.4, 0.5) is 0 Å². The van der Waals surface area contributed by atoms with Crippen molar-refractivity contribution in [3.63, 3.8) is 0 Å². The van der Waals surface area contributed by atoms with Gasteiger partial charge in [-0.3, -0.25) is 14.3 Å². The van der Waals surface area contributed by atoms with Crippen molar-refractivity contribution in [3.05, 3.63) is 53.5 Å². The Balaban J connectivity index is 1.87. The standard InChI is InChI=1S/C22H25N3O/c1-14(2)22(26)25-12-15(3)21-19(10-23-11-20(21)25)17-5-6-18-13-24(4)8-7-16(18)9-17/h5-6,9-12,14H,7-8,13H2,1-4H3. The Morgan fingerprint density at radius 1 is 1.19 bits per heavy atom. The zero-order chi connectivity index (χ0) is 18.4. The summed E-state index contributed by atoms with van der Waals surface area (Å²) in [5, 5.41) is 1.13. The van der Waals surface area contributed by atoms with E-state index < -0.39 is 0 Å². The van der Waals surface area contributed by atoms with Gasteiger partial charge in [-0.1, -0.05) is 32.0 Å². The zero-order valence-corrected chi connectivity index (χ0v) is 15.9. The molecule has 4 nitrogen and oxygen atoms in total. The van der Waals surface area contributed by atoms with Crippen LogP contribution < -0.4 is 0 Å². The summed E-state index contributed by atoms with van der Waals surface area (Å²) in [4.78, 5) is 19.4. The molecule has 1 aliphatic rings. The molecule has 0 unspecified atom stereocenters. The number of benzene rings is 1. The van der Waals surface area contributed by atoms with Crippen LogP contribution in [0.25, 0.3) is 22.0 Å². The fraction of sp³-hybridized carbons (Fsp3) is 0.364. The van der Waals surface area contributed by atoms with E-state index in [-0.39, 0.29) is 11.8 Å². The SMILES string of the molecule is Cc1cn(C(=O)C(C)C)c2cncc(-c3ccc4c(c3)CCN(C)C4)c12. The number of carbonyl (C=O) groups excluding carboxylic acids is 1. The van der Waals surface area contributed by atoms with E-state index in [0.29, 0.717) is 0 Å². The van der Waals surface area contributed by atoms with E-state index in [1.165, 1.54) is 16.7 Å². The molecule has 2 aromatic heterocycles. The van der Waals surface area contributed by atoms with Crippen LogP contribution in [0, 0.1) is 12.8 Å². The van der Waals surface area contributed by atoms with Crippen LogP contribution in [-0.4, -0.2) is 34.0 Å². The molecule has 0 amide bonds. The van der Waals surface area contributed by atoms with Gasteiger partial charge in [0.1, 0.15) is 0 Å². The molecule has 0 spiro atoms. The Labute approximate surface area is 154 Å². The molecule has 0 N–H and O–H groups in total. The highest BCUT2D eigenvalue weighted by Gasteiger charge is 2.19. The molecule has 0 radical (unpaired) electrons. The number of rotatable bonds is 2. The normalized spacial score (nSPS) is 14.8. The van der Waals surface area contributed by atoms with E-state index >= 15 is 0 Å². The van der Waals surface area contributed by atoms with E-state index in [0.717, 1.165) is 41.5 Å². The van der Waals surface area contributed by atoms with Crippen molar-refractivity contribution in [1.29, 1.82) is 0 Å². The fourth-order valence-electron chi connectivity index (χ4n) is 3.92.